The van der Waals surface area contributed by atoms with Gasteiger partial charge in [0, 0.05) is 20.6 Å². The van der Waals surface area contributed by atoms with E-state index in [2.05, 4.69) is 4.74 Å². The normalized spacial score (nSPS) is 12.1. The molecular formula is C12H32O10. The van der Waals surface area contributed by atoms with E-state index in [0.717, 1.165) is 6.92 Å². The lowest BCUT2D eigenvalue weighted by Gasteiger charge is -2.17. The molecule has 0 saturated carbocycles. The maximum Gasteiger partial charge on any atom is 0.274 e. The Hall–Kier alpha value is -0.400. The largest absolute Gasteiger partial charge is 0.394 e. The summed E-state index contributed by atoms with van der Waals surface area (Å²) in [5, 5.41) is 73.0. The predicted octanol–water partition coefficient (Wildman–Crippen LogP) is -3.31. The van der Waals surface area contributed by atoms with Crippen LogP contribution in [0.4, 0.5) is 0 Å². The van der Waals surface area contributed by atoms with Crippen molar-refractivity contribution < 1.29 is 50.7 Å². The van der Waals surface area contributed by atoms with Gasteiger partial charge in [0.05, 0.1) is 13.2 Å². The Bertz CT molecular complexity index is 193. The van der Waals surface area contributed by atoms with Gasteiger partial charge in [-0.1, -0.05) is 6.92 Å². The van der Waals surface area contributed by atoms with E-state index >= 15 is 0 Å². The van der Waals surface area contributed by atoms with Crippen LogP contribution >= 0.6 is 0 Å². The van der Waals surface area contributed by atoms with Crippen LogP contribution in [0.5, 0.6) is 0 Å². The first-order valence-electron chi connectivity index (χ1n) is 6.33. The maximum atomic E-state index is 8.40. The summed E-state index contributed by atoms with van der Waals surface area (Å²) in [4.78, 5) is 0. The molecule has 0 saturated heterocycles. The molecule has 0 aromatic carbocycles. The highest BCUT2D eigenvalue weighted by atomic mass is 16.7. The van der Waals surface area contributed by atoms with E-state index in [9.17, 15) is 0 Å². The summed E-state index contributed by atoms with van der Waals surface area (Å²) in [5.41, 5.74) is 0. The van der Waals surface area contributed by atoms with Crippen molar-refractivity contribution >= 4 is 0 Å². The van der Waals surface area contributed by atoms with Crippen molar-refractivity contribution in [3.05, 3.63) is 0 Å². The summed E-state index contributed by atoms with van der Waals surface area (Å²) in [6.07, 6.45) is -2.11. The summed E-state index contributed by atoms with van der Waals surface area (Å²) in [7, 11) is 3.25. The van der Waals surface area contributed by atoms with Crippen LogP contribution in [-0.4, -0.2) is 97.4 Å². The maximum absolute atomic E-state index is 8.40. The van der Waals surface area contributed by atoms with E-state index in [-0.39, 0.29) is 19.6 Å². The van der Waals surface area contributed by atoms with Crippen molar-refractivity contribution in [2.24, 2.45) is 0 Å². The number of rotatable bonds is 4. The zero-order chi connectivity index (χ0) is 19.0. The third-order valence-electron chi connectivity index (χ3n) is 1.69. The van der Waals surface area contributed by atoms with Crippen molar-refractivity contribution in [1.29, 1.82) is 0 Å². The Balaban J connectivity index is -0.000000102. The SMILES string of the molecule is CC(O)C(C)(O)O.CCC(O)(O)O.COC.OCC(O)CO. The van der Waals surface area contributed by atoms with E-state index in [0.29, 0.717) is 0 Å². The molecule has 10 heteroatoms. The molecule has 0 aliphatic rings. The first kappa shape index (κ1) is 29.6. The minimum atomic E-state index is -2.46. The van der Waals surface area contributed by atoms with Crippen LogP contribution in [0, 0.1) is 0 Å². The second-order valence-corrected chi connectivity index (χ2v) is 4.33. The molecular weight excluding hydrogens is 304 g/mol. The highest BCUT2D eigenvalue weighted by molar-refractivity contribution is 4.61. The van der Waals surface area contributed by atoms with E-state index in [1.54, 1.807) is 14.2 Å². The molecule has 0 heterocycles. The van der Waals surface area contributed by atoms with Gasteiger partial charge >= 0.3 is 0 Å². The second kappa shape index (κ2) is 17.0. The fourth-order valence-electron chi connectivity index (χ4n) is 0.0577. The number of aliphatic hydroxyl groups is 9. The van der Waals surface area contributed by atoms with Gasteiger partial charge in [-0.15, -0.1) is 0 Å². The lowest BCUT2D eigenvalue weighted by molar-refractivity contribution is -0.312. The number of hydrogen-bond donors (Lipinski definition) is 9. The molecule has 1 unspecified atom stereocenters. The van der Waals surface area contributed by atoms with Crippen LogP contribution in [0.2, 0.25) is 0 Å². The van der Waals surface area contributed by atoms with E-state index in [4.69, 9.17) is 46.0 Å². The molecule has 0 aromatic rings. The lowest BCUT2D eigenvalue weighted by Crippen LogP contribution is -2.36. The van der Waals surface area contributed by atoms with E-state index in [1.165, 1.54) is 13.8 Å². The monoisotopic (exact) mass is 336 g/mol. The van der Waals surface area contributed by atoms with Crippen LogP contribution in [0.15, 0.2) is 0 Å². The Morgan fingerprint density at radius 2 is 1.09 bits per heavy atom. The van der Waals surface area contributed by atoms with Crippen LogP contribution in [0.1, 0.15) is 27.2 Å². The Morgan fingerprint density at radius 3 is 1.09 bits per heavy atom. The lowest BCUT2D eigenvalue weighted by atomic mass is 10.2. The van der Waals surface area contributed by atoms with Gasteiger partial charge in [-0.05, 0) is 13.8 Å². The van der Waals surface area contributed by atoms with E-state index in [1.807, 2.05) is 0 Å². The smallest absolute Gasteiger partial charge is 0.274 e. The van der Waals surface area contributed by atoms with Crippen molar-refractivity contribution in [3.63, 3.8) is 0 Å². The first-order valence-corrected chi connectivity index (χ1v) is 6.33. The van der Waals surface area contributed by atoms with Gasteiger partial charge in [-0.3, -0.25) is 0 Å². The van der Waals surface area contributed by atoms with Crippen molar-refractivity contribution in [3.8, 4) is 0 Å². The standard InChI is InChI=1S/C4H10O3.2C3H8O3.C2H6O/c1-3(5)4(2,6)7;4-1-3(6)2-5;1-2-3(4,5)6;1-3-2/h3,5-7H,1-2H3;3-6H,1-2H2;4-6H,2H2,1H3;1-2H3. The zero-order valence-electron chi connectivity index (χ0n) is 13.7. The summed E-state index contributed by atoms with van der Waals surface area (Å²) < 4.78 is 4.25. The molecule has 0 aromatic heterocycles. The Kier molecular flexibility index (Phi) is 22.8. The number of aliphatic hydroxyl groups excluding tert-OH is 4. The third kappa shape index (κ3) is 42.7. The number of hydrogen-bond acceptors (Lipinski definition) is 10. The fraction of sp³-hybridized carbons (Fsp3) is 1.00. The summed E-state index contributed by atoms with van der Waals surface area (Å²) >= 11 is 0. The fourth-order valence-corrected chi connectivity index (χ4v) is 0.0577. The highest BCUT2D eigenvalue weighted by Gasteiger charge is 2.21. The molecule has 0 aliphatic carbocycles. The third-order valence-corrected chi connectivity index (χ3v) is 1.69. The van der Waals surface area contributed by atoms with Gasteiger partial charge in [0.1, 0.15) is 12.2 Å². The van der Waals surface area contributed by atoms with Crippen LogP contribution < -0.4 is 0 Å². The second-order valence-electron chi connectivity index (χ2n) is 4.33. The Morgan fingerprint density at radius 1 is 0.909 bits per heavy atom. The predicted molar refractivity (Wildman–Crippen MR) is 77.3 cm³/mol. The molecule has 22 heavy (non-hydrogen) atoms. The molecule has 0 amide bonds. The van der Waals surface area contributed by atoms with Gasteiger partial charge < -0.3 is 50.7 Å². The van der Waals surface area contributed by atoms with Gasteiger partial charge in [0.2, 0.25) is 0 Å². The molecule has 0 bridgehead atoms. The molecule has 0 radical (unpaired) electrons. The summed E-state index contributed by atoms with van der Waals surface area (Å²) in [6, 6.07) is 0. The summed E-state index contributed by atoms with van der Waals surface area (Å²) in [5.74, 6) is -4.40. The first-order chi connectivity index (χ1) is 9.73. The van der Waals surface area contributed by atoms with Gasteiger partial charge in [0.25, 0.3) is 5.97 Å². The molecule has 140 valence electrons. The topological polar surface area (TPSA) is 191 Å². The van der Waals surface area contributed by atoms with Gasteiger partial charge in [-0.2, -0.15) is 0 Å². The van der Waals surface area contributed by atoms with Crippen LogP contribution in [0.25, 0.3) is 0 Å². The van der Waals surface area contributed by atoms with Crippen molar-refractivity contribution in [2.75, 3.05) is 27.4 Å². The van der Waals surface area contributed by atoms with E-state index < -0.39 is 24.0 Å². The van der Waals surface area contributed by atoms with Crippen molar-refractivity contribution in [1.82, 2.24) is 0 Å². The molecule has 0 fully saturated rings. The molecule has 0 spiro atoms. The molecule has 1 atom stereocenters. The molecule has 9 N–H and O–H groups in total. The average molecular weight is 336 g/mol. The minimum Gasteiger partial charge on any atom is -0.394 e. The quantitative estimate of drug-likeness (QED) is 0.235. The summed E-state index contributed by atoms with van der Waals surface area (Å²) in [6.45, 7) is 3.16. The zero-order valence-corrected chi connectivity index (χ0v) is 13.7. The van der Waals surface area contributed by atoms with Gasteiger partial charge in [-0.25, -0.2) is 0 Å². The minimum absolute atomic E-state index is 0.0625. The van der Waals surface area contributed by atoms with Crippen LogP contribution in [-0.2, 0) is 4.74 Å². The molecule has 0 rings (SSSR count). The van der Waals surface area contributed by atoms with Crippen LogP contribution in [0.3, 0.4) is 0 Å². The molecule has 0 aliphatic heterocycles. The number of methoxy groups -OCH3 is 1. The van der Waals surface area contributed by atoms with Crippen molar-refractivity contribution in [2.45, 2.75) is 51.2 Å². The Labute approximate surface area is 130 Å². The molecule has 10 nitrogen and oxygen atoms in total. The number of ether oxygens (including phenoxy) is 1. The highest BCUT2D eigenvalue weighted by Crippen LogP contribution is 2.01. The average Bonchev–Trinajstić information content (AvgIpc) is 2.38. The van der Waals surface area contributed by atoms with Gasteiger partial charge in [0.15, 0.2) is 5.79 Å².